The molecule has 1 aromatic rings. The number of nitrogens with one attached hydrogen (secondary N) is 1. The summed E-state index contributed by atoms with van der Waals surface area (Å²) in [4.78, 5) is 0. The molecule has 0 spiro atoms. The lowest BCUT2D eigenvalue weighted by Gasteiger charge is -2.33. The SMILES string of the molecule is CC1CCC(Nc2cc(I)ccc2Cl)CC1C. The van der Waals surface area contributed by atoms with Gasteiger partial charge in [-0.3, -0.25) is 0 Å². The topological polar surface area (TPSA) is 12.0 Å². The zero-order chi connectivity index (χ0) is 12.4. The fourth-order valence-electron chi connectivity index (χ4n) is 2.51. The van der Waals surface area contributed by atoms with Gasteiger partial charge in [-0.05, 0) is 71.9 Å². The predicted octanol–water partition coefficient (Wildman–Crippen LogP) is 5.18. The van der Waals surface area contributed by atoms with Gasteiger partial charge in [-0.15, -0.1) is 0 Å². The highest BCUT2D eigenvalue weighted by atomic mass is 127. The summed E-state index contributed by atoms with van der Waals surface area (Å²) in [6.07, 6.45) is 3.83. The first kappa shape index (κ1) is 13.5. The van der Waals surface area contributed by atoms with E-state index in [0.717, 1.165) is 22.5 Å². The summed E-state index contributed by atoms with van der Waals surface area (Å²) in [5.41, 5.74) is 1.09. The molecule has 0 bridgehead atoms. The fourth-order valence-corrected chi connectivity index (χ4v) is 3.17. The molecule has 1 aliphatic carbocycles. The predicted molar refractivity (Wildman–Crippen MR) is 83.8 cm³/mol. The van der Waals surface area contributed by atoms with Gasteiger partial charge >= 0.3 is 0 Å². The Bertz CT molecular complexity index is 394. The summed E-state index contributed by atoms with van der Waals surface area (Å²) >= 11 is 8.54. The molecule has 1 saturated carbocycles. The van der Waals surface area contributed by atoms with E-state index in [1.54, 1.807) is 0 Å². The van der Waals surface area contributed by atoms with Gasteiger partial charge in [-0.2, -0.15) is 0 Å². The lowest BCUT2D eigenvalue weighted by atomic mass is 9.79. The van der Waals surface area contributed by atoms with Gasteiger partial charge in [0, 0.05) is 9.61 Å². The summed E-state index contributed by atoms with van der Waals surface area (Å²) < 4.78 is 1.23. The van der Waals surface area contributed by atoms with E-state index >= 15 is 0 Å². The second-order valence-corrected chi connectivity index (χ2v) is 6.89. The van der Waals surface area contributed by atoms with Crippen LogP contribution < -0.4 is 5.32 Å². The first-order chi connectivity index (χ1) is 8.06. The van der Waals surface area contributed by atoms with Crippen LogP contribution in [0.25, 0.3) is 0 Å². The van der Waals surface area contributed by atoms with Crippen molar-refractivity contribution < 1.29 is 0 Å². The minimum atomic E-state index is 0.580. The Labute approximate surface area is 122 Å². The quantitative estimate of drug-likeness (QED) is 0.714. The van der Waals surface area contributed by atoms with E-state index in [4.69, 9.17) is 11.6 Å². The van der Waals surface area contributed by atoms with Crippen molar-refractivity contribution >= 4 is 39.9 Å². The molecule has 1 N–H and O–H groups in total. The molecule has 0 amide bonds. The molecule has 0 saturated heterocycles. The van der Waals surface area contributed by atoms with E-state index in [2.05, 4.69) is 47.8 Å². The van der Waals surface area contributed by atoms with Crippen LogP contribution in [0.15, 0.2) is 18.2 Å². The highest BCUT2D eigenvalue weighted by molar-refractivity contribution is 14.1. The van der Waals surface area contributed by atoms with Crippen LogP contribution in [-0.2, 0) is 0 Å². The van der Waals surface area contributed by atoms with Gasteiger partial charge in [-0.1, -0.05) is 25.4 Å². The maximum atomic E-state index is 6.21. The number of halogens is 2. The van der Waals surface area contributed by atoms with Gasteiger partial charge in [-0.25, -0.2) is 0 Å². The molecule has 1 nitrogen and oxygen atoms in total. The van der Waals surface area contributed by atoms with Crippen LogP contribution in [0.2, 0.25) is 5.02 Å². The number of rotatable bonds is 2. The molecular weight excluding hydrogens is 345 g/mol. The van der Waals surface area contributed by atoms with Gasteiger partial charge in [0.05, 0.1) is 10.7 Å². The number of benzene rings is 1. The lowest BCUT2D eigenvalue weighted by molar-refractivity contribution is 0.261. The minimum absolute atomic E-state index is 0.580. The standard InChI is InChI=1S/C14H19ClIN/c1-9-3-5-12(7-10(9)2)17-14-8-11(16)4-6-13(14)15/h4,6,8-10,12,17H,3,5,7H2,1-2H3. The molecule has 17 heavy (non-hydrogen) atoms. The van der Waals surface area contributed by atoms with Gasteiger partial charge in [0.2, 0.25) is 0 Å². The van der Waals surface area contributed by atoms with E-state index in [1.165, 1.54) is 22.8 Å². The van der Waals surface area contributed by atoms with E-state index < -0.39 is 0 Å². The monoisotopic (exact) mass is 363 g/mol. The van der Waals surface area contributed by atoms with Crippen LogP contribution in [-0.4, -0.2) is 6.04 Å². The van der Waals surface area contributed by atoms with Gasteiger partial charge in [0.25, 0.3) is 0 Å². The Balaban J connectivity index is 2.03. The first-order valence-corrected chi connectivity index (χ1v) is 7.73. The average Bonchev–Trinajstić information content (AvgIpc) is 2.29. The van der Waals surface area contributed by atoms with Crippen molar-refractivity contribution in [3.8, 4) is 0 Å². The van der Waals surface area contributed by atoms with E-state index in [9.17, 15) is 0 Å². The molecule has 3 atom stereocenters. The number of hydrogen-bond donors (Lipinski definition) is 1. The maximum absolute atomic E-state index is 6.21. The zero-order valence-electron chi connectivity index (χ0n) is 10.3. The highest BCUT2D eigenvalue weighted by Crippen LogP contribution is 2.33. The summed E-state index contributed by atoms with van der Waals surface area (Å²) in [6, 6.07) is 6.73. The van der Waals surface area contributed by atoms with Gasteiger partial charge < -0.3 is 5.32 Å². The molecule has 0 heterocycles. The van der Waals surface area contributed by atoms with Crippen LogP contribution in [0.3, 0.4) is 0 Å². The van der Waals surface area contributed by atoms with Crippen molar-refractivity contribution in [2.75, 3.05) is 5.32 Å². The smallest absolute Gasteiger partial charge is 0.0638 e. The van der Waals surface area contributed by atoms with E-state index in [1.807, 2.05) is 12.1 Å². The molecule has 1 aromatic carbocycles. The number of anilines is 1. The minimum Gasteiger partial charge on any atom is -0.381 e. The summed E-state index contributed by atoms with van der Waals surface area (Å²) in [5, 5.41) is 4.43. The van der Waals surface area contributed by atoms with Crippen LogP contribution in [0, 0.1) is 15.4 Å². The lowest BCUT2D eigenvalue weighted by Crippen LogP contribution is -2.30. The summed E-state index contributed by atoms with van der Waals surface area (Å²) in [6.45, 7) is 4.72. The van der Waals surface area contributed by atoms with Crippen molar-refractivity contribution in [3.63, 3.8) is 0 Å². The van der Waals surface area contributed by atoms with Gasteiger partial charge in [0.1, 0.15) is 0 Å². The second kappa shape index (κ2) is 5.79. The van der Waals surface area contributed by atoms with Crippen molar-refractivity contribution in [2.45, 2.75) is 39.2 Å². The molecule has 2 rings (SSSR count). The van der Waals surface area contributed by atoms with Crippen LogP contribution in [0.4, 0.5) is 5.69 Å². The third kappa shape index (κ3) is 3.50. The molecule has 0 radical (unpaired) electrons. The first-order valence-electron chi connectivity index (χ1n) is 6.28. The average molecular weight is 364 g/mol. The van der Waals surface area contributed by atoms with E-state index in [-0.39, 0.29) is 0 Å². The number of hydrogen-bond acceptors (Lipinski definition) is 1. The highest BCUT2D eigenvalue weighted by Gasteiger charge is 2.24. The van der Waals surface area contributed by atoms with Gasteiger partial charge in [0.15, 0.2) is 0 Å². The Hall–Kier alpha value is 0.0400. The largest absolute Gasteiger partial charge is 0.381 e. The molecule has 1 aliphatic rings. The van der Waals surface area contributed by atoms with Crippen molar-refractivity contribution in [2.24, 2.45) is 11.8 Å². The second-order valence-electron chi connectivity index (χ2n) is 5.23. The third-order valence-corrected chi connectivity index (χ3v) is 4.89. The van der Waals surface area contributed by atoms with Crippen LogP contribution in [0.5, 0.6) is 0 Å². The molecule has 1 fully saturated rings. The van der Waals surface area contributed by atoms with E-state index in [0.29, 0.717) is 6.04 Å². The van der Waals surface area contributed by atoms with Crippen LogP contribution >= 0.6 is 34.2 Å². The Morgan fingerprint density at radius 3 is 2.71 bits per heavy atom. The Morgan fingerprint density at radius 2 is 2.00 bits per heavy atom. The summed E-state index contributed by atoms with van der Waals surface area (Å²) in [7, 11) is 0. The Kier molecular flexibility index (Phi) is 4.59. The molecule has 3 unspecified atom stereocenters. The Morgan fingerprint density at radius 1 is 1.24 bits per heavy atom. The molecule has 0 aromatic heterocycles. The third-order valence-electron chi connectivity index (χ3n) is 3.89. The zero-order valence-corrected chi connectivity index (χ0v) is 13.3. The molecule has 94 valence electrons. The van der Waals surface area contributed by atoms with Crippen molar-refractivity contribution in [1.82, 2.24) is 0 Å². The molecule has 0 aliphatic heterocycles. The fraction of sp³-hybridized carbons (Fsp3) is 0.571. The van der Waals surface area contributed by atoms with Crippen molar-refractivity contribution in [3.05, 3.63) is 26.8 Å². The maximum Gasteiger partial charge on any atom is 0.0638 e. The van der Waals surface area contributed by atoms with Crippen molar-refractivity contribution in [1.29, 1.82) is 0 Å². The summed E-state index contributed by atoms with van der Waals surface area (Å²) in [5.74, 6) is 1.67. The molecular formula is C14H19ClIN. The molecule has 3 heteroatoms. The van der Waals surface area contributed by atoms with Crippen LogP contribution in [0.1, 0.15) is 33.1 Å². The normalized spacial score (nSPS) is 29.1.